The summed E-state index contributed by atoms with van der Waals surface area (Å²) in [5, 5.41) is 11.1. The van der Waals surface area contributed by atoms with Crippen LogP contribution in [0.3, 0.4) is 0 Å². The van der Waals surface area contributed by atoms with E-state index in [1.807, 2.05) is 4.90 Å². The van der Waals surface area contributed by atoms with Gasteiger partial charge in [0.05, 0.1) is 24.5 Å². The molecule has 1 aromatic heterocycles. The van der Waals surface area contributed by atoms with Crippen LogP contribution in [0.5, 0.6) is 0 Å². The van der Waals surface area contributed by atoms with Crippen LogP contribution in [0, 0.1) is 0 Å². The van der Waals surface area contributed by atoms with Crippen LogP contribution in [-0.4, -0.2) is 45.8 Å². The number of ether oxygens (including phenoxy) is 1. The van der Waals surface area contributed by atoms with Crippen molar-refractivity contribution in [2.24, 2.45) is 0 Å². The van der Waals surface area contributed by atoms with Gasteiger partial charge in [-0.15, -0.1) is 11.3 Å². The highest BCUT2D eigenvalue weighted by molar-refractivity contribution is 7.94. The van der Waals surface area contributed by atoms with Crippen LogP contribution in [0.25, 0.3) is 0 Å². The van der Waals surface area contributed by atoms with Crippen LogP contribution in [0.1, 0.15) is 10.4 Å². The summed E-state index contributed by atoms with van der Waals surface area (Å²) in [7, 11) is -3.71. The van der Waals surface area contributed by atoms with Crippen molar-refractivity contribution in [1.82, 2.24) is 0 Å². The molecule has 2 N–H and O–H groups in total. The SMILES string of the molecule is O=C(O)c1cc(NS(=O)(=O)c2cccs2)ccc1N1CCOCC1. The lowest BCUT2D eigenvalue weighted by Crippen LogP contribution is -2.37. The lowest BCUT2D eigenvalue weighted by molar-refractivity contribution is 0.0696. The van der Waals surface area contributed by atoms with E-state index in [1.165, 1.54) is 12.1 Å². The number of anilines is 2. The molecule has 0 aliphatic carbocycles. The summed E-state index contributed by atoms with van der Waals surface area (Å²) in [5.74, 6) is -1.10. The summed E-state index contributed by atoms with van der Waals surface area (Å²) >= 11 is 1.10. The van der Waals surface area contributed by atoms with Crippen LogP contribution >= 0.6 is 11.3 Å². The Balaban J connectivity index is 1.90. The van der Waals surface area contributed by atoms with Crippen LogP contribution < -0.4 is 9.62 Å². The van der Waals surface area contributed by atoms with E-state index in [4.69, 9.17) is 4.74 Å². The number of nitrogens with zero attached hydrogens (tertiary/aromatic N) is 1. The normalized spacial score (nSPS) is 15.2. The largest absolute Gasteiger partial charge is 0.478 e. The number of morpholine rings is 1. The van der Waals surface area contributed by atoms with E-state index in [0.717, 1.165) is 11.3 Å². The second-order valence-electron chi connectivity index (χ2n) is 5.17. The van der Waals surface area contributed by atoms with Crippen molar-refractivity contribution in [3.05, 3.63) is 41.3 Å². The second kappa shape index (κ2) is 6.80. The van der Waals surface area contributed by atoms with Crippen molar-refractivity contribution in [2.45, 2.75) is 4.21 Å². The Hall–Kier alpha value is -2.10. The molecule has 9 heteroatoms. The molecule has 128 valence electrons. The first-order valence-electron chi connectivity index (χ1n) is 7.24. The van der Waals surface area contributed by atoms with Crippen molar-refractivity contribution in [2.75, 3.05) is 35.9 Å². The van der Waals surface area contributed by atoms with Crippen LogP contribution in [0.4, 0.5) is 11.4 Å². The zero-order valence-electron chi connectivity index (χ0n) is 12.6. The van der Waals surface area contributed by atoms with E-state index in [9.17, 15) is 18.3 Å². The molecular formula is C15H16N2O5S2. The number of sulfonamides is 1. The Labute approximate surface area is 143 Å². The average molecular weight is 368 g/mol. The highest BCUT2D eigenvalue weighted by atomic mass is 32.2. The number of carboxylic acids is 1. The number of rotatable bonds is 5. The Morgan fingerprint density at radius 2 is 2.00 bits per heavy atom. The molecule has 0 saturated carbocycles. The van der Waals surface area contributed by atoms with Crippen LogP contribution in [0.15, 0.2) is 39.9 Å². The third-order valence-electron chi connectivity index (χ3n) is 3.59. The van der Waals surface area contributed by atoms with Gasteiger partial charge in [0, 0.05) is 18.8 Å². The molecule has 0 bridgehead atoms. The molecule has 0 unspecified atom stereocenters. The number of benzene rings is 1. The maximum Gasteiger partial charge on any atom is 0.337 e. The molecule has 1 fully saturated rings. The number of nitrogens with one attached hydrogen (secondary N) is 1. The van der Waals surface area contributed by atoms with E-state index in [1.54, 1.807) is 23.6 Å². The molecule has 3 rings (SSSR count). The fourth-order valence-electron chi connectivity index (χ4n) is 2.47. The molecule has 2 heterocycles. The standard InChI is InChI=1S/C15H16N2O5S2/c18-15(19)12-10-11(16-24(20,21)14-2-1-9-23-14)3-4-13(12)17-5-7-22-8-6-17/h1-4,9-10,16H,5-8H2,(H,18,19). The number of carboxylic acid groups (broad SMARTS) is 1. The minimum absolute atomic E-state index is 0.0586. The lowest BCUT2D eigenvalue weighted by atomic mass is 10.1. The van der Waals surface area contributed by atoms with E-state index >= 15 is 0 Å². The molecule has 0 atom stereocenters. The van der Waals surface area contributed by atoms with Gasteiger partial charge >= 0.3 is 5.97 Å². The van der Waals surface area contributed by atoms with Gasteiger partial charge in [0.1, 0.15) is 4.21 Å². The highest BCUT2D eigenvalue weighted by Crippen LogP contribution is 2.27. The van der Waals surface area contributed by atoms with Crippen LogP contribution in [0.2, 0.25) is 0 Å². The number of aromatic carboxylic acids is 1. The fourth-order valence-corrected chi connectivity index (χ4v) is 4.52. The molecule has 2 aromatic rings. The summed E-state index contributed by atoms with van der Waals surface area (Å²) in [6.07, 6.45) is 0. The number of carbonyl (C=O) groups is 1. The molecule has 1 aromatic carbocycles. The van der Waals surface area contributed by atoms with Gasteiger partial charge in [0.25, 0.3) is 10.0 Å². The zero-order chi connectivity index (χ0) is 17.2. The van der Waals surface area contributed by atoms with E-state index < -0.39 is 16.0 Å². The second-order valence-corrected chi connectivity index (χ2v) is 8.03. The van der Waals surface area contributed by atoms with Gasteiger partial charge in [0.15, 0.2) is 0 Å². The molecule has 0 amide bonds. The van der Waals surface area contributed by atoms with E-state index in [2.05, 4.69) is 4.72 Å². The molecule has 0 spiro atoms. The van der Waals surface area contributed by atoms with E-state index in [0.29, 0.717) is 32.0 Å². The molecule has 24 heavy (non-hydrogen) atoms. The Morgan fingerprint density at radius 3 is 2.62 bits per heavy atom. The third-order valence-corrected chi connectivity index (χ3v) is 6.37. The Morgan fingerprint density at radius 1 is 1.25 bits per heavy atom. The minimum Gasteiger partial charge on any atom is -0.478 e. The molecule has 7 nitrogen and oxygen atoms in total. The number of hydrogen-bond donors (Lipinski definition) is 2. The molecule has 0 radical (unpaired) electrons. The molecule has 1 saturated heterocycles. The van der Waals surface area contributed by atoms with Gasteiger partial charge in [-0.05, 0) is 29.6 Å². The van der Waals surface area contributed by atoms with Crippen LogP contribution in [-0.2, 0) is 14.8 Å². The maximum atomic E-state index is 12.3. The number of hydrogen-bond acceptors (Lipinski definition) is 6. The Kier molecular flexibility index (Phi) is 4.74. The predicted octanol–water partition coefficient (Wildman–Crippen LogP) is 2.08. The lowest BCUT2D eigenvalue weighted by Gasteiger charge is -2.30. The van der Waals surface area contributed by atoms with E-state index in [-0.39, 0.29) is 15.5 Å². The van der Waals surface area contributed by atoms with Gasteiger partial charge in [-0.1, -0.05) is 6.07 Å². The summed E-state index contributed by atoms with van der Waals surface area (Å²) in [4.78, 5) is 13.5. The predicted molar refractivity (Wildman–Crippen MR) is 91.6 cm³/mol. The third kappa shape index (κ3) is 3.53. The quantitative estimate of drug-likeness (QED) is 0.839. The summed E-state index contributed by atoms with van der Waals surface area (Å²) < 4.78 is 32.4. The van der Waals surface area contributed by atoms with Crippen molar-refractivity contribution in [3.63, 3.8) is 0 Å². The molecule has 1 aliphatic heterocycles. The van der Waals surface area contributed by atoms with Crippen molar-refractivity contribution in [3.8, 4) is 0 Å². The topological polar surface area (TPSA) is 95.9 Å². The van der Waals surface area contributed by atoms with Gasteiger partial charge in [-0.25, -0.2) is 13.2 Å². The van der Waals surface area contributed by atoms with Crippen molar-refractivity contribution >= 4 is 38.7 Å². The first-order valence-corrected chi connectivity index (χ1v) is 9.60. The molecule has 1 aliphatic rings. The highest BCUT2D eigenvalue weighted by Gasteiger charge is 2.21. The molecular weight excluding hydrogens is 352 g/mol. The van der Waals surface area contributed by atoms with Crippen molar-refractivity contribution in [1.29, 1.82) is 0 Å². The summed E-state index contributed by atoms with van der Waals surface area (Å²) in [5.41, 5.74) is 0.839. The average Bonchev–Trinajstić information content (AvgIpc) is 3.11. The first-order chi connectivity index (χ1) is 11.5. The smallest absolute Gasteiger partial charge is 0.337 e. The summed E-state index contributed by atoms with van der Waals surface area (Å²) in [6.45, 7) is 2.26. The number of thiophene rings is 1. The monoisotopic (exact) mass is 368 g/mol. The van der Waals surface area contributed by atoms with Gasteiger partial charge in [-0.3, -0.25) is 4.72 Å². The van der Waals surface area contributed by atoms with Gasteiger partial charge < -0.3 is 14.7 Å². The summed E-state index contributed by atoms with van der Waals surface area (Å²) in [6, 6.07) is 7.68. The van der Waals surface area contributed by atoms with Gasteiger partial charge in [0.2, 0.25) is 0 Å². The maximum absolute atomic E-state index is 12.3. The fraction of sp³-hybridized carbons (Fsp3) is 0.267. The zero-order valence-corrected chi connectivity index (χ0v) is 14.3. The Bertz CT molecular complexity index is 828. The first kappa shape index (κ1) is 16.7. The van der Waals surface area contributed by atoms with Crippen molar-refractivity contribution < 1.29 is 23.1 Å². The minimum atomic E-state index is -3.71. The van der Waals surface area contributed by atoms with Gasteiger partial charge in [-0.2, -0.15) is 0 Å².